The molecule has 524 valence electrons. The predicted molar refractivity (Wildman–Crippen MR) is 393 cm³/mol. The summed E-state index contributed by atoms with van der Waals surface area (Å²) in [6.45, 7) is 4.93. The molecule has 0 aliphatic heterocycles. The molecule has 0 aromatic rings. The average molecular weight is 1250 g/mol. The number of allylic oxidation sites excluding steroid dienone is 7. The Morgan fingerprint density at radius 2 is 0.562 bits per heavy atom. The van der Waals surface area contributed by atoms with E-state index in [9.17, 15) is 19.8 Å². The summed E-state index contributed by atoms with van der Waals surface area (Å²) in [5, 5.41) is 23.3. The maximum atomic E-state index is 12.6. The Balaban J connectivity index is 3.39. The summed E-state index contributed by atoms with van der Waals surface area (Å²) in [4.78, 5) is 24.6. The van der Waals surface area contributed by atoms with Gasteiger partial charge in [-0.25, -0.2) is 0 Å². The molecule has 2 atom stereocenters. The fourth-order valence-electron chi connectivity index (χ4n) is 12.7. The molecule has 0 aliphatic carbocycles. The van der Waals surface area contributed by atoms with Gasteiger partial charge in [0.05, 0.1) is 25.4 Å². The number of amides is 1. The van der Waals surface area contributed by atoms with Gasteiger partial charge in [-0.15, -0.1) is 0 Å². The first-order chi connectivity index (χ1) is 44.0. The Labute approximate surface area is 556 Å². The Morgan fingerprint density at radius 1 is 0.315 bits per heavy atom. The maximum Gasteiger partial charge on any atom is 0.305 e. The van der Waals surface area contributed by atoms with Crippen LogP contribution in [0.2, 0.25) is 0 Å². The highest BCUT2D eigenvalue weighted by Gasteiger charge is 2.18. The zero-order chi connectivity index (χ0) is 64.2. The standard InChI is InChI=1S/C83H157NO5/c1-3-5-7-9-11-13-15-17-19-21-22-23-24-35-38-41-44-47-51-55-59-63-67-71-75-81(86)80(79-85)84-82(87)76-72-68-64-60-56-52-48-45-42-39-36-33-31-29-27-25-26-28-30-32-34-37-40-43-46-50-54-58-62-66-70-74-78-89-83(88)77-73-69-65-61-57-53-49-20-18-16-14-12-10-8-6-4-2/h14,16,20,28,30,49,71,75,80-81,85-86H,3-13,15,17-19,21-27,29,31-48,50-70,72-74,76-79H2,1-2H3,(H,84,87)/b16-14-,30-28-,49-20-,75-71+. The second-order valence-electron chi connectivity index (χ2n) is 27.7. The SMILES string of the molecule is CCCCCC/C=C\C/C=C\CCCCCCCC(=O)OCCCCCCCCCCCCCC/C=C\CCCCCCCCCCCCCCCCCCC(=O)NC(CO)C(O)/C=C/CCCCCCCCCCCCCCCCCCCCCCCC. The van der Waals surface area contributed by atoms with Crippen LogP contribution in [0.1, 0.15) is 444 Å². The molecule has 0 bridgehead atoms. The minimum Gasteiger partial charge on any atom is -0.466 e. The van der Waals surface area contributed by atoms with Crippen molar-refractivity contribution >= 4 is 11.9 Å². The van der Waals surface area contributed by atoms with Crippen LogP contribution in [0.3, 0.4) is 0 Å². The number of carbonyl (C=O) groups excluding carboxylic acids is 2. The fourth-order valence-corrected chi connectivity index (χ4v) is 12.7. The molecular formula is C83H157NO5. The van der Waals surface area contributed by atoms with Crippen molar-refractivity contribution in [3.63, 3.8) is 0 Å². The zero-order valence-electron chi connectivity index (χ0n) is 60.2. The van der Waals surface area contributed by atoms with E-state index in [-0.39, 0.29) is 18.5 Å². The summed E-state index contributed by atoms with van der Waals surface area (Å²) in [5.74, 6) is -0.0558. The third-order valence-electron chi connectivity index (χ3n) is 18.8. The number of nitrogens with one attached hydrogen (secondary N) is 1. The molecule has 0 aromatic carbocycles. The lowest BCUT2D eigenvalue weighted by molar-refractivity contribution is -0.143. The summed E-state index contributed by atoms with van der Waals surface area (Å²) in [6.07, 6.45) is 104. The topological polar surface area (TPSA) is 95.9 Å². The Kier molecular flexibility index (Phi) is 76.3. The van der Waals surface area contributed by atoms with E-state index in [0.29, 0.717) is 19.4 Å². The molecule has 6 heteroatoms. The van der Waals surface area contributed by atoms with E-state index in [4.69, 9.17) is 4.74 Å². The molecule has 0 aliphatic rings. The first-order valence-electron chi connectivity index (χ1n) is 40.4. The van der Waals surface area contributed by atoms with E-state index in [1.807, 2.05) is 6.08 Å². The van der Waals surface area contributed by atoms with Crippen molar-refractivity contribution in [2.24, 2.45) is 0 Å². The normalized spacial score (nSPS) is 12.7. The summed E-state index contributed by atoms with van der Waals surface area (Å²) in [7, 11) is 0. The highest BCUT2D eigenvalue weighted by atomic mass is 16.5. The average Bonchev–Trinajstić information content (AvgIpc) is 3.60. The summed E-state index contributed by atoms with van der Waals surface area (Å²) < 4.78 is 5.50. The van der Waals surface area contributed by atoms with E-state index in [0.717, 1.165) is 51.4 Å². The molecule has 6 nitrogen and oxygen atoms in total. The highest BCUT2D eigenvalue weighted by Crippen LogP contribution is 2.19. The van der Waals surface area contributed by atoms with Crippen LogP contribution in [-0.4, -0.2) is 47.4 Å². The quantitative estimate of drug-likeness (QED) is 0.0320. The van der Waals surface area contributed by atoms with E-state index in [2.05, 4.69) is 55.6 Å². The van der Waals surface area contributed by atoms with Crippen molar-refractivity contribution in [2.75, 3.05) is 13.2 Å². The number of unbranched alkanes of at least 4 members (excludes halogenated alkanes) is 59. The third-order valence-corrected chi connectivity index (χ3v) is 18.8. The first kappa shape index (κ1) is 86.8. The van der Waals surface area contributed by atoms with Crippen LogP contribution < -0.4 is 5.32 Å². The van der Waals surface area contributed by atoms with Crippen molar-refractivity contribution in [3.8, 4) is 0 Å². The Hall–Kier alpha value is -2.18. The van der Waals surface area contributed by atoms with E-state index in [1.165, 1.54) is 366 Å². The van der Waals surface area contributed by atoms with Crippen LogP contribution >= 0.6 is 0 Å². The number of hydrogen-bond donors (Lipinski definition) is 3. The summed E-state index contributed by atoms with van der Waals surface area (Å²) in [6, 6.07) is -0.628. The minimum atomic E-state index is -0.845. The minimum absolute atomic E-state index is 0.00496. The molecule has 2 unspecified atom stereocenters. The monoisotopic (exact) mass is 1250 g/mol. The molecule has 1 amide bonds. The van der Waals surface area contributed by atoms with Crippen LogP contribution in [0.15, 0.2) is 48.6 Å². The van der Waals surface area contributed by atoms with Crippen LogP contribution in [0.5, 0.6) is 0 Å². The van der Waals surface area contributed by atoms with Gasteiger partial charge in [-0.3, -0.25) is 9.59 Å². The Morgan fingerprint density at radius 3 is 0.876 bits per heavy atom. The van der Waals surface area contributed by atoms with Gasteiger partial charge in [0.1, 0.15) is 0 Å². The lowest BCUT2D eigenvalue weighted by Gasteiger charge is -2.20. The van der Waals surface area contributed by atoms with Crippen LogP contribution in [0.4, 0.5) is 0 Å². The molecule has 0 aromatic heterocycles. The van der Waals surface area contributed by atoms with Gasteiger partial charge in [0, 0.05) is 12.8 Å². The van der Waals surface area contributed by atoms with Gasteiger partial charge in [-0.05, 0) is 89.9 Å². The molecule has 0 heterocycles. The predicted octanol–water partition coefficient (Wildman–Crippen LogP) is 26.8. The number of hydrogen-bond acceptors (Lipinski definition) is 5. The highest BCUT2D eigenvalue weighted by molar-refractivity contribution is 5.76. The Bertz CT molecular complexity index is 1490. The van der Waals surface area contributed by atoms with Gasteiger partial charge < -0.3 is 20.3 Å². The van der Waals surface area contributed by atoms with Gasteiger partial charge in [-0.2, -0.15) is 0 Å². The second-order valence-corrected chi connectivity index (χ2v) is 27.7. The van der Waals surface area contributed by atoms with Crippen LogP contribution in [0, 0.1) is 0 Å². The van der Waals surface area contributed by atoms with Crippen molar-refractivity contribution in [2.45, 2.75) is 456 Å². The van der Waals surface area contributed by atoms with Gasteiger partial charge in [-0.1, -0.05) is 390 Å². The van der Waals surface area contributed by atoms with Crippen molar-refractivity contribution in [1.82, 2.24) is 5.32 Å². The van der Waals surface area contributed by atoms with Gasteiger partial charge in [0.2, 0.25) is 5.91 Å². The first-order valence-corrected chi connectivity index (χ1v) is 40.4. The lowest BCUT2D eigenvalue weighted by Crippen LogP contribution is -2.45. The molecule has 0 rings (SSSR count). The number of esters is 1. The lowest BCUT2D eigenvalue weighted by atomic mass is 10.0. The molecule has 0 radical (unpaired) electrons. The van der Waals surface area contributed by atoms with E-state index >= 15 is 0 Å². The second kappa shape index (κ2) is 78.3. The summed E-state index contributed by atoms with van der Waals surface area (Å²) in [5.41, 5.74) is 0. The van der Waals surface area contributed by atoms with E-state index < -0.39 is 12.1 Å². The molecule has 0 saturated carbocycles. The zero-order valence-corrected chi connectivity index (χ0v) is 60.2. The smallest absolute Gasteiger partial charge is 0.305 e. The molecule has 0 spiro atoms. The van der Waals surface area contributed by atoms with Crippen LogP contribution in [0.25, 0.3) is 0 Å². The number of carbonyl (C=O) groups is 2. The molecule has 0 fully saturated rings. The number of rotatable bonds is 76. The molecule has 3 N–H and O–H groups in total. The largest absolute Gasteiger partial charge is 0.466 e. The van der Waals surface area contributed by atoms with Crippen LogP contribution in [-0.2, 0) is 14.3 Å². The number of aliphatic hydroxyl groups is 2. The number of aliphatic hydroxyl groups excluding tert-OH is 2. The fraction of sp³-hybridized carbons (Fsp3) is 0.880. The molecule has 89 heavy (non-hydrogen) atoms. The van der Waals surface area contributed by atoms with Gasteiger partial charge >= 0.3 is 5.97 Å². The maximum absolute atomic E-state index is 12.6. The van der Waals surface area contributed by atoms with Crippen molar-refractivity contribution in [1.29, 1.82) is 0 Å². The van der Waals surface area contributed by atoms with Crippen molar-refractivity contribution in [3.05, 3.63) is 48.6 Å². The molecule has 0 saturated heterocycles. The number of ether oxygens (including phenoxy) is 1. The summed E-state index contributed by atoms with van der Waals surface area (Å²) >= 11 is 0. The van der Waals surface area contributed by atoms with E-state index in [1.54, 1.807) is 6.08 Å². The van der Waals surface area contributed by atoms with Gasteiger partial charge in [0.25, 0.3) is 0 Å². The van der Waals surface area contributed by atoms with Crippen molar-refractivity contribution < 1.29 is 24.5 Å². The van der Waals surface area contributed by atoms with Gasteiger partial charge in [0.15, 0.2) is 0 Å². The third kappa shape index (κ3) is 74.7. The molecular weight excluding hydrogens is 1090 g/mol.